The van der Waals surface area contributed by atoms with Crippen molar-refractivity contribution in [2.75, 3.05) is 26.2 Å². The second-order valence-electron chi connectivity index (χ2n) is 6.32. The van der Waals surface area contributed by atoms with Crippen molar-refractivity contribution in [2.24, 2.45) is 5.92 Å². The number of nitrogens with zero attached hydrogens (tertiary/aromatic N) is 1. The molecule has 2 atom stereocenters. The summed E-state index contributed by atoms with van der Waals surface area (Å²) in [5, 5.41) is 6.60. The highest BCUT2D eigenvalue weighted by atomic mass is 16.1. The van der Waals surface area contributed by atoms with Crippen LogP contribution in [0.2, 0.25) is 0 Å². The van der Waals surface area contributed by atoms with Crippen LogP contribution in [0.4, 0.5) is 0 Å². The molecule has 1 heterocycles. The molecule has 1 saturated heterocycles. The van der Waals surface area contributed by atoms with E-state index in [1.54, 1.807) is 6.92 Å². The predicted molar refractivity (Wildman–Crippen MR) is 90.6 cm³/mol. The van der Waals surface area contributed by atoms with Gasteiger partial charge in [0.1, 0.15) is 0 Å². The van der Waals surface area contributed by atoms with Crippen LogP contribution in [-0.2, 0) is 11.3 Å². The van der Waals surface area contributed by atoms with E-state index in [2.05, 4.69) is 52.8 Å². The Kier molecular flexibility index (Phi) is 6.87. The molecule has 22 heavy (non-hydrogen) atoms. The molecule has 1 aliphatic heterocycles. The predicted octanol–water partition coefficient (Wildman–Crippen LogP) is 2.01. The topological polar surface area (TPSA) is 44.4 Å². The molecule has 2 rings (SSSR count). The van der Waals surface area contributed by atoms with Gasteiger partial charge < -0.3 is 10.6 Å². The van der Waals surface area contributed by atoms with Crippen LogP contribution in [0, 0.1) is 5.92 Å². The van der Waals surface area contributed by atoms with Gasteiger partial charge in [-0.1, -0.05) is 43.7 Å². The minimum atomic E-state index is 0.0582. The fourth-order valence-electron chi connectivity index (χ4n) is 3.18. The molecule has 2 unspecified atom stereocenters. The zero-order chi connectivity index (χ0) is 15.8. The first-order chi connectivity index (χ1) is 10.7. The van der Waals surface area contributed by atoms with Gasteiger partial charge in [-0.05, 0) is 17.9 Å². The lowest BCUT2D eigenvalue weighted by atomic mass is 9.92. The summed E-state index contributed by atoms with van der Waals surface area (Å²) >= 11 is 0. The van der Waals surface area contributed by atoms with Gasteiger partial charge in [-0.15, -0.1) is 0 Å². The molecule has 0 aromatic heterocycles. The number of likely N-dealkylation sites (tertiary alicyclic amines) is 1. The molecule has 0 saturated carbocycles. The molecule has 0 bridgehead atoms. The first-order valence-electron chi connectivity index (χ1n) is 8.41. The van der Waals surface area contributed by atoms with E-state index >= 15 is 0 Å². The number of nitrogens with one attached hydrogen (secondary N) is 2. The highest BCUT2D eigenvalue weighted by Crippen LogP contribution is 2.19. The van der Waals surface area contributed by atoms with Gasteiger partial charge in [0, 0.05) is 45.7 Å². The van der Waals surface area contributed by atoms with Crippen molar-refractivity contribution in [1.82, 2.24) is 15.5 Å². The summed E-state index contributed by atoms with van der Waals surface area (Å²) in [5.74, 6) is 0.808. The van der Waals surface area contributed by atoms with Crippen LogP contribution in [0.1, 0.15) is 32.3 Å². The molecule has 1 amide bonds. The Morgan fingerprint density at radius 1 is 1.27 bits per heavy atom. The van der Waals surface area contributed by atoms with Crippen LogP contribution in [0.3, 0.4) is 0 Å². The number of piperidine rings is 1. The molecule has 1 aromatic carbocycles. The third-order valence-corrected chi connectivity index (χ3v) is 4.43. The molecule has 1 aliphatic rings. The number of carbonyl (C=O) groups is 1. The highest BCUT2D eigenvalue weighted by Gasteiger charge is 2.25. The largest absolute Gasteiger partial charge is 0.355 e. The maximum atomic E-state index is 11.0. The molecule has 1 aromatic rings. The van der Waals surface area contributed by atoms with E-state index in [0.717, 1.165) is 38.6 Å². The summed E-state index contributed by atoms with van der Waals surface area (Å²) in [6.07, 6.45) is 2.47. The van der Waals surface area contributed by atoms with E-state index in [4.69, 9.17) is 0 Å². The maximum absolute atomic E-state index is 11.0. The molecule has 0 aliphatic carbocycles. The summed E-state index contributed by atoms with van der Waals surface area (Å²) in [7, 11) is 0. The molecule has 0 radical (unpaired) electrons. The van der Waals surface area contributed by atoms with Crippen molar-refractivity contribution in [1.29, 1.82) is 0 Å². The van der Waals surface area contributed by atoms with Crippen molar-refractivity contribution in [3.05, 3.63) is 35.9 Å². The Morgan fingerprint density at radius 2 is 2.05 bits per heavy atom. The van der Waals surface area contributed by atoms with Crippen LogP contribution in [-0.4, -0.2) is 43.0 Å². The smallest absolute Gasteiger partial charge is 0.216 e. The molecular weight excluding hydrogens is 274 g/mol. The van der Waals surface area contributed by atoms with E-state index in [1.165, 1.54) is 18.4 Å². The van der Waals surface area contributed by atoms with Crippen molar-refractivity contribution >= 4 is 5.91 Å². The first-order valence-corrected chi connectivity index (χ1v) is 8.41. The van der Waals surface area contributed by atoms with Gasteiger partial charge in [-0.3, -0.25) is 9.69 Å². The van der Waals surface area contributed by atoms with E-state index in [0.29, 0.717) is 6.04 Å². The Morgan fingerprint density at radius 3 is 2.73 bits per heavy atom. The van der Waals surface area contributed by atoms with Crippen LogP contribution in [0.5, 0.6) is 0 Å². The number of benzene rings is 1. The second kappa shape index (κ2) is 8.91. The monoisotopic (exact) mass is 303 g/mol. The summed E-state index contributed by atoms with van der Waals surface area (Å²) in [4.78, 5) is 13.5. The van der Waals surface area contributed by atoms with Gasteiger partial charge in [0.2, 0.25) is 5.91 Å². The molecule has 4 heteroatoms. The SMILES string of the molecule is CCC1CC(NCc2ccccc2)CN(CCNC(C)=O)C1. The van der Waals surface area contributed by atoms with Crippen LogP contribution in [0.15, 0.2) is 30.3 Å². The zero-order valence-electron chi connectivity index (χ0n) is 13.8. The highest BCUT2D eigenvalue weighted by molar-refractivity contribution is 5.72. The minimum Gasteiger partial charge on any atom is -0.355 e. The lowest BCUT2D eigenvalue weighted by Gasteiger charge is -2.38. The van der Waals surface area contributed by atoms with Crippen molar-refractivity contribution in [2.45, 2.75) is 39.3 Å². The lowest BCUT2D eigenvalue weighted by Crippen LogP contribution is -2.50. The van der Waals surface area contributed by atoms with Gasteiger partial charge in [-0.2, -0.15) is 0 Å². The van der Waals surface area contributed by atoms with E-state index in [1.807, 2.05) is 0 Å². The standard InChI is InChI=1S/C18H29N3O/c1-3-16-11-18(20-12-17-7-5-4-6-8-17)14-21(13-16)10-9-19-15(2)22/h4-8,16,18,20H,3,9-14H2,1-2H3,(H,19,22). The molecular formula is C18H29N3O. The second-order valence-corrected chi connectivity index (χ2v) is 6.32. The minimum absolute atomic E-state index is 0.0582. The Labute approximate surface area is 134 Å². The van der Waals surface area contributed by atoms with Gasteiger partial charge in [0.05, 0.1) is 0 Å². The molecule has 122 valence electrons. The summed E-state index contributed by atoms with van der Waals surface area (Å²) in [5.41, 5.74) is 1.34. The zero-order valence-corrected chi connectivity index (χ0v) is 13.8. The molecule has 2 N–H and O–H groups in total. The van der Waals surface area contributed by atoms with Crippen LogP contribution < -0.4 is 10.6 Å². The van der Waals surface area contributed by atoms with Gasteiger partial charge in [-0.25, -0.2) is 0 Å². The van der Waals surface area contributed by atoms with Gasteiger partial charge in [0.15, 0.2) is 0 Å². The van der Waals surface area contributed by atoms with Crippen molar-refractivity contribution in [3.63, 3.8) is 0 Å². The van der Waals surface area contributed by atoms with Crippen LogP contribution in [0.25, 0.3) is 0 Å². The average Bonchev–Trinajstić information content (AvgIpc) is 2.53. The number of amides is 1. The number of hydrogen-bond acceptors (Lipinski definition) is 3. The number of carbonyl (C=O) groups excluding carboxylic acids is 1. The van der Waals surface area contributed by atoms with E-state index in [-0.39, 0.29) is 5.91 Å². The fourth-order valence-corrected chi connectivity index (χ4v) is 3.18. The first kappa shape index (κ1) is 17.0. The van der Waals surface area contributed by atoms with Crippen molar-refractivity contribution in [3.8, 4) is 0 Å². The molecule has 1 fully saturated rings. The lowest BCUT2D eigenvalue weighted by molar-refractivity contribution is -0.119. The Balaban J connectivity index is 1.80. The molecule has 4 nitrogen and oxygen atoms in total. The van der Waals surface area contributed by atoms with E-state index < -0.39 is 0 Å². The number of rotatable bonds is 7. The Hall–Kier alpha value is -1.39. The van der Waals surface area contributed by atoms with Crippen LogP contribution >= 0.6 is 0 Å². The summed E-state index contributed by atoms with van der Waals surface area (Å²) < 4.78 is 0. The average molecular weight is 303 g/mol. The van der Waals surface area contributed by atoms with E-state index in [9.17, 15) is 4.79 Å². The fraction of sp³-hybridized carbons (Fsp3) is 0.611. The van der Waals surface area contributed by atoms with Gasteiger partial charge in [0.25, 0.3) is 0 Å². The summed E-state index contributed by atoms with van der Waals surface area (Å²) in [6.45, 7) is 8.70. The molecule has 0 spiro atoms. The third kappa shape index (κ3) is 5.78. The quantitative estimate of drug-likeness (QED) is 0.810. The third-order valence-electron chi connectivity index (χ3n) is 4.43. The normalized spacial score (nSPS) is 22.5. The maximum Gasteiger partial charge on any atom is 0.216 e. The number of hydrogen-bond donors (Lipinski definition) is 2. The summed E-state index contributed by atoms with van der Waals surface area (Å²) in [6, 6.07) is 11.1. The van der Waals surface area contributed by atoms with Gasteiger partial charge >= 0.3 is 0 Å². The Bertz CT molecular complexity index is 449. The van der Waals surface area contributed by atoms with Crippen molar-refractivity contribution < 1.29 is 4.79 Å².